The Kier molecular flexibility index (Phi) is 4.58. The van der Waals surface area contributed by atoms with E-state index >= 15 is 0 Å². The molecule has 0 aliphatic rings. The van der Waals surface area contributed by atoms with Crippen LogP contribution in [0.25, 0.3) is 0 Å². The number of alkyl halides is 1. The van der Waals surface area contributed by atoms with Gasteiger partial charge in [0.25, 0.3) is 0 Å². The highest BCUT2D eigenvalue weighted by molar-refractivity contribution is 9.10. The largest absolute Gasteiger partial charge is 0.207 e. The van der Waals surface area contributed by atoms with Gasteiger partial charge in [-0.2, -0.15) is 0 Å². The van der Waals surface area contributed by atoms with Crippen LogP contribution in [0.5, 0.6) is 0 Å². The summed E-state index contributed by atoms with van der Waals surface area (Å²) >= 11 is 12.2. The number of halogens is 6. The summed E-state index contributed by atoms with van der Waals surface area (Å²) in [5.41, 5.74) is 0.480. The van der Waals surface area contributed by atoms with Crippen molar-refractivity contribution in [2.75, 3.05) is 0 Å². The molecule has 6 heteroatoms. The van der Waals surface area contributed by atoms with Gasteiger partial charge in [0.15, 0.2) is 0 Å². The molecule has 0 fully saturated rings. The molecule has 0 aliphatic carbocycles. The predicted octanol–water partition coefficient (Wildman–Crippen LogP) is 6.00. The number of hydrogen-bond donors (Lipinski definition) is 0. The lowest BCUT2D eigenvalue weighted by atomic mass is 10.0. The first kappa shape index (κ1) is 14.9. The van der Waals surface area contributed by atoms with Crippen LogP contribution in [-0.4, -0.2) is 0 Å². The molecule has 1 unspecified atom stereocenters. The zero-order valence-electron chi connectivity index (χ0n) is 9.23. The lowest BCUT2D eigenvalue weighted by Crippen LogP contribution is -1.99. The maximum Gasteiger partial charge on any atom is 0.129 e. The molecule has 0 N–H and O–H groups in total. The van der Waals surface area contributed by atoms with Crippen molar-refractivity contribution in [2.45, 2.75) is 4.83 Å². The van der Waals surface area contributed by atoms with Crippen molar-refractivity contribution in [1.82, 2.24) is 0 Å². The Bertz CT molecular complexity index is 611. The van der Waals surface area contributed by atoms with Crippen LogP contribution in [0.3, 0.4) is 0 Å². The Labute approximate surface area is 129 Å². The second-order valence-corrected chi connectivity index (χ2v) is 6.03. The Morgan fingerprint density at radius 1 is 0.947 bits per heavy atom. The minimum atomic E-state index is -0.719. The first-order valence-electron chi connectivity index (χ1n) is 5.13. The van der Waals surface area contributed by atoms with E-state index in [1.807, 2.05) is 0 Å². The summed E-state index contributed by atoms with van der Waals surface area (Å²) in [6.07, 6.45) is 0. The second-order valence-electron chi connectivity index (χ2n) is 3.85. The summed E-state index contributed by atoms with van der Waals surface area (Å²) in [4.78, 5) is -0.691. The summed E-state index contributed by atoms with van der Waals surface area (Å²) < 4.78 is 40.6. The van der Waals surface area contributed by atoms with Gasteiger partial charge in [-0.25, -0.2) is 13.2 Å². The summed E-state index contributed by atoms with van der Waals surface area (Å²) in [6, 6.07) is 5.65. The third-order valence-electron chi connectivity index (χ3n) is 2.49. The van der Waals surface area contributed by atoms with Crippen molar-refractivity contribution in [3.63, 3.8) is 0 Å². The fourth-order valence-corrected chi connectivity index (χ4v) is 2.74. The molecule has 19 heavy (non-hydrogen) atoms. The van der Waals surface area contributed by atoms with Gasteiger partial charge in [-0.15, -0.1) is 0 Å². The van der Waals surface area contributed by atoms with Crippen LogP contribution in [-0.2, 0) is 0 Å². The maximum atomic E-state index is 13.9. The van der Waals surface area contributed by atoms with Crippen molar-refractivity contribution >= 4 is 43.5 Å². The summed E-state index contributed by atoms with van der Waals surface area (Å²) in [6.45, 7) is 0. The van der Waals surface area contributed by atoms with Crippen molar-refractivity contribution < 1.29 is 13.2 Å². The molecular formula is C13H6Br2ClF3. The zero-order chi connectivity index (χ0) is 14.2. The Morgan fingerprint density at radius 2 is 1.53 bits per heavy atom. The first-order chi connectivity index (χ1) is 8.88. The molecular weight excluding hydrogens is 408 g/mol. The topological polar surface area (TPSA) is 0 Å². The van der Waals surface area contributed by atoms with Crippen LogP contribution in [0.4, 0.5) is 13.2 Å². The number of benzene rings is 2. The molecule has 0 spiro atoms. The Morgan fingerprint density at radius 3 is 2.11 bits per heavy atom. The molecule has 100 valence electrons. The lowest BCUT2D eigenvalue weighted by molar-refractivity contribution is 0.578. The Hall–Kier alpha value is -0.520. The van der Waals surface area contributed by atoms with Crippen LogP contribution in [0.1, 0.15) is 16.0 Å². The van der Waals surface area contributed by atoms with E-state index in [9.17, 15) is 13.2 Å². The quantitative estimate of drug-likeness (QED) is 0.417. The average molecular weight is 414 g/mol. The molecule has 0 aromatic heterocycles. The number of rotatable bonds is 2. The van der Waals surface area contributed by atoms with Crippen LogP contribution < -0.4 is 0 Å². The highest BCUT2D eigenvalue weighted by atomic mass is 79.9. The van der Waals surface area contributed by atoms with Gasteiger partial charge in [0.1, 0.15) is 17.5 Å². The molecule has 2 aromatic carbocycles. The molecule has 1 atom stereocenters. The van der Waals surface area contributed by atoms with Crippen molar-refractivity contribution in [1.29, 1.82) is 0 Å². The van der Waals surface area contributed by atoms with Crippen molar-refractivity contribution in [3.8, 4) is 0 Å². The second kappa shape index (κ2) is 5.85. The first-order valence-corrected chi connectivity index (χ1v) is 7.21. The SMILES string of the molecule is Fc1cc(F)cc(C(Br)c2cc(Cl)c(Br)cc2F)c1. The fourth-order valence-electron chi connectivity index (χ4n) is 1.63. The van der Waals surface area contributed by atoms with E-state index in [4.69, 9.17) is 11.6 Å². The highest BCUT2D eigenvalue weighted by Gasteiger charge is 2.18. The molecule has 0 bridgehead atoms. The lowest BCUT2D eigenvalue weighted by Gasteiger charge is -2.13. The molecule has 2 aromatic rings. The minimum Gasteiger partial charge on any atom is -0.207 e. The summed E-state index contributed by atoms with van der Waals surface area (Å²) in [5, 5.41) is 0.317. The molecule has 0 heterocycles. The van der Waals surface area contributed by atoms with Gasteiger partial charge in [-0.05, 0) is 45.8 Å². The number of hydrogen-bond acceptors (Lipinski definition) is 0. The van der Waals surface area contributed by atoms with Crippen LogP contribution in [0, 0.1) is 17.5 Å². The Balaban J connectivity index is 2.49. The van der Waals surface area contributed by atoms with E-state index in [0.29, 0.717) is 9.50 Å². The van der Waals surface area contributed by atoms with E-state index < -0.39 is 22.3 Å². The predicted molar refractivity (Wildman–Crippen MR) is 76.2 cm³/mol. The maximum absolute atomic E-state index is 13.9. The van der Waals surface area contributed by atoms with E-state index in [1.54, 1.807) is 0 Å². The monoisotopic (exact) mass is 412 g/mol. The van der Waals surface area contributed by atoms with E-state index in [1.165, 1.54) is 12.1 Å². The fraction of sp³-hybridized carbons (Fsp3) is 0.0769. The van der Waals surface area contributed by atoms with Crippen molar-refractivity contribution in [3.05, 3.63) is 68.4 Å². The van der Waals surface area contributed by atoms with E-state index in [0.717, 1.165) is 18.2 Å². The smallest absolute Gasteiger partial charge is 0.129 e. The van der Waals surface area contributed by atoms with Crippen LogP contribution in [0.2, 0.25) is 5.02 Å². The third kappa shape index (κ3) is 3.33. The van der Waals surface area contributed by atoms with Gasteiger partial charge < -0.3 is 0 Å². The van der Waals surface area contributed by atoms with Gasteiger partial charge in [0.05, 0.1) is 9.85 Å². The summed E-state index contributed by atoms with van der Waals surface area (Å²) in [5.74, 6) is -1.96. The van der Waals surface area contributed by atoms with E-state index in [-0.39, 0.29) is 11.1 Å². The van der Waals surface area contributed by atoms with Gasteiger partial charge in [0, 0.05) is 16.1 Å². The standard InChI is InChI=1S/C13H6Br2ClF3/c14-10-5-12(19)9(4-11(10)16)13(15)6-1-7(17)3-8(18)2-6/h1-5,13H. The molecule has 0 nitrogen and oxygen atoms in total. The van der Waals surface area contributed by atoms with Gasteiger partial charge in [-0.3, -0.25) is 0 Å². The zero-order valence-corrected chi connectivity index (χ0v) is 13.2. The van der Waals surface area contributed by atoms with Crippen LogP contribution >= 0.6 is 43.5 Å². The normalized spacial score (nSPS) is 12.5. The molecule has 0 amide bonds. The van der Waals surface area contributed by atoms with Crippen LogP contribution in [0.15, 0.2) is 34.8 Å². The third-order valence-corrected chi connectivity index (χ3v) is 4.71. The summed E-state index contributed by atoms with van der Waals surface area (Å²) in [7, 11) is 0. The van der Waals surface area contributed by atoms with E-state index in [2.05, 4.69) is 31.9 Å². The average Bonchev–Trinajstić information content (AvgIpc) is 2.31. The molecule has 0 radical (unpaired) electrons. The van der Waals surface area contributed by atoms with Crippen molar-refractivity contribution in [2.24, 2.45) is 0 Å². The molecule has 2 rings (SSSR count). The highest BCUT2D eigenvalue weighted by Crippen LogP contribution is 2.36. The molecule has 0 aliphatic heterocycles. The molecule has 0 saturated heterocycles. The van der Waals surface area contributed by atoms with Gasteiger partial charge in [-0.1, -0.05) is 27.5 Å². The molecule has 0 saturated carbocycles. The minimum absolute atomic E-state index is 0.207. The van der Waals surface area contributed by atoms with Gasteiger partial charge in [0.2, 0.25) is 0 Å². The van der Waals surface area contributed by atoms with Gasteiger partial charge >= 0.3 is 0 Å².